The number of nitrogens with one attached hydrogen (secondary N) is 1. The van der Waals surface area contributed by atoms with Crippen LogP contribution in [0.2, 0.25) is 0 Å². The molecule has 0 amide bonds. The first kappa shape index (κ1) is 11.1. The van der Waals surface area contributed by atoms with Crippen LogP contribution < -0.4 is 5.32 Å². The maximum Gasteiger partial charge on any atom is 0.123 e. The molecule has 1 aromatic rings. The Morgan fingerprint density at radius 1 is 1.36 bits per heavy atom. The Bertz CT molecular complexity index is 260. The van der Waals surface area contributed by atoms with Crippen LogP contribution in [0.5, 0.6) is 0 Å². The molecule has 14 heavy (non-hydrogen) atoms. The van der Waals surface area contributed by atoms with E-state index in [2.05, 4.69) is 5.32 Å². The van der Waals surface area contributed by atoms with Crippen LogP contribution in [-0.4, -0.2) is 20.3 Å². The average Bonchev–Trinajstić information content (AvgIpc) is 2.21. The van der Waals surface area contributed by atoms with E-state index in [1.165, 1.54) is 12.1 Å². The molecule has 0 saturated carbocycles. The Labute approximate surface area is 84.1 Å². The van der Waals surface area contributed by atoms with E-state index in [0.29, 0.717) is 13.2 Å². The lowest BCUT2D eigenvalue weighted by Crippen LogP contribution is -2.21. The summed E-state index contributed by atoms with van der Waals surface area (Å²) in [6.07, 6.45) is 0. The SMILES string of the molecule is CCOCC(NC)c1ccc(F)cc1. The molecule has 78 valence electrons. The largest absolute Gasteiger partial charge is 0.380 e. The van der Waals surface area contributed by atoms with Crippen LogP contribution in [0.3, 0.4) is 0 Å². The fourth-order valence-corrected chi connectivity index (χ4v) is 1.28. The molecule has 2 nitrogen and oxygen atoms in total. The summed E-state index contributed by atoms with van der Waals surface area (Å²) in [4.78, 5) is 0. The van der Waals surface area contributed by atoms with Crippen LogP contribution >= 0.6 is 0 Å². The zero-order valence-corrected chi connectivity index (χ0v) is 8.59. The van der Waals surface area contributed by atoms with E-state index in [1.807, 2.05) is 14.0 Å². The fourth-order valence-electron chi connectivity index (χ4n) is 1.28. The smallest absolute Gasteiger partial charge is 0.123 e. The normalized spacial score (nSPS) is 12.8. The van der Waals surface area contributed by atoms with Crippen molar-refractivity contribution in [3.05, 3.63) is 35.6 Å². The van der Waals surface area contributed by atoms with Gasteiger partial charge in [0, 0.05) is 6.61 Å². The molecule has 1 N–H and O–H groups in total. The van der Waals surface area contributed by atoms with Crippen LogP contribution in [0.15, 0.2) is 24.3 Å². The fraction of sp³-hybridized carbons (Fsp3) is 0.455. The summed E-state index contributed by atoms with van der Waals surface area (Å²) in [7, 11) is 1.87. The van der Waals surface area contributed by atoms with Gasteiger partial charge in [0.2, 0.25) is 0 Å². The van der Waals surface area contributed by atoms with Crippen molar-refractivity contribution in [1.82, 2.24) is 5.32 Å². The van der Waals surface area contributed by atoms with Crippen molar-refractivity contribution in [3.63, 3.8) is 0 Å². The van der Waals surface area contributed by atoms with Gasteiger partial charge in [-0.2, -0.15) is 0 Å². The van der Waals surface area contributed by atoms with Gasteiger partial charge in [-0.3, -0.25) is 0 Å². The molecule has 3 heteroatoms. The second-order valence-electron chi connectivity index (χ2n) is 3.05. The quantitative estimate of drug-likeness (QED) is 0.780. The Balaban J connectivity index is 2.64. The van der Waals surface area contributed by atoms with E-state index in [4.69, 9.17) is 4.74 Å². The van der Waals surface area contributed by atoms with Crippen molar-refractivity contribution in [3.8, 4) is 0 Å². The number of hydrogen-bond donors (Lipinski definition) is 1. The van der Waals surface area contributed by atoms with Crippen molar-refractivity contribution >= 4 is 0 Å². The molecule has 0 aliphatic carbocycles. The number of ether oxygens (including phenoxy) is 1. The molecule has 1 aromatic carbocycles. The van der Waals surface area contributed by atoms with Gasteiger partial charge in [0.1, 0.15) is 5.82 Å². The number of hydrogen-bond acceptors (Lipinski definition) is 2. The zero-order chi connectivity index (χ0) is 10.4. The van der Waals surface area contributed by atoms with E-state index in [9.17, 15) is 4.39 Å². The van der Waals surface area contributed by atoms with Crippen molar-refractivity contribution in [2.75, 3.05) is 20.3 Å². The molecular formula is C11H16FNO. The van der Waals surface area contributed by atoms with Gasteiger partial charge < -0.3 is 10.1 Å². The average molecular weight is 197 g/mol. The second kappa shape index (κ2) is 5.73. The first-order valence-corrected chi connectivity index (χ1v) is 4.78. The second-order valence-corrected chi connectivity index (χ2v) is 3.05. The number of likely N-dealkylation sites (N-methyl/N-ethyl adjacent to an activating group) is 1. The molecule has 0 aromatic heterocycles. The summed E-state index contributed by atoms with van der Waals surface area (Å²) in [6, 6.07) is 6.61. The van der Waals surface area contributed by atoms with Crippen LogP contribution in [0, 0.1) is 5.82 Å². The standard InChI is InChI=1S/C11H16FNO/c1-3-14-8-11(13-2)9-4-6-10(12)7-5-9/h4-7,11,13H,3,8H2,1-2H3. The van der Waals surface area contributed by atoms with Gasteiger partial charge in [-0.25, -0.2) is 4.39 Å². The van der Waals surface area contributed by atoms with Crippen LogP contribution in [0.4, 0.5) is 4.39 Å². The summed E-state index contributed by atoms with van der Waals surface area (Å²) >= 11 is 0. The zero-order valence-electron chi connectivity index (χ0n) is 8.59. The third-order valence-electron chi connectivity index (χ3n) is 2.11. The lowest BCUT2D eigenvalue weighted by molar-refractivity contribution is 0.125. The molecule has 1 atom stereocenters. The van der Waals surface area contributed by atoms with E-state index >= 15 is 0 Å². The monoisotopic (exact) mass is 197 g/mol. The molecule has 0 heterocycles. The van der Waals surface area contributed by atoms with E-state index < -0.39 is 0 Å². The summed E-state index contributed by atoms with van der Waals surface area (Å²) < 4.78 is 18.0. The van der Waals surface area contributed by atoms with Crippen LogP contribution in [-0.2, 0) is 4.74 Å². The lowest BCUT2D eigenvalue weighted by Gasteiger charge is -2.16. The summed E-state index contributed by atoms with van der Waals surface area (Å²) in [5.41, 5.74) is 1.04. The highest BCUT2D eigenvalue weighted by atomic mass is 19.1. The number of rotatable bonds is 5. The Morgan fingerprint density at radius 3 is 2.50 bits per heavy atom. The maximum atomic E-state index is 12.7. The summed E-state index contributed by atoms with van der Waals surface area (Å²) in [5.74, 6) is -0.208. The topological polar surface area (TPSA) is 21.3 Å². The molecule has 0 radical (unpaired) electrons. The van der Waals surface area contributed by atoms with Gasteiger partial charge >= 0.3 is 0 Å². The van der Waals surface area contributed by atoms with Crippen LogP contribution in [0.25, 0.3) is 0 Å². The van der Waals surface area contributed by atoms with Crippen LogP contribution in [0.1, 0.15) is 18.5 Å². The predicted octanol–water partition coefficient (Wildman–Crippen LogP) is 2.12. The Hall–Kier alpha value is -0.930. The van der Waals surface area contributed by atoms with Crippen molar-refractivity contribution in [2.45, 2.75) is 13.0 Å². The molecule has 0 bridgehead atoms. The van der Waals surface area contributed by atoms with Gasteiger partial charge in [-0.1, -0.05) is 12.1 Å². The van der Waals surface area contributed by atoms with Gasteiger partial charge in [-0.05, 0) is 31.7 Å². The highest BCUT2D eigenvalue weighted by Crippen LogP contribution is 2.13. The first-order chi connectivity index (χ1) is 6.77. The summed E-state index contributed by atoms with van der Waals surface area (Å²) in [6.45, 7) is 3.26. The third kappa shape index (κ3) is 3.09. The van der Waals surface area contributed by atoms with E-state index in [1.54, 1.807) is 12.1 Å². The minimum absolute atomic E-state index is 0.135. The molecule has 1 unspecified atom stereocenters. The molecule has 1 rings (SSSR count). The molecule has 0 aliphatic rings. The Morgan fingerprint density at radius 2 is 2.00 bits per heavy atom. The van der Waals surface area contributed by atoms with Gasteiger partial charge in [-0.15, -0.1) is 0 Å². The predicted molar refractivity (Wildman–Crippen MR) is 54.7 cm³/mol. The van der Waals surface area contributed by atoms with E-state index in [0.717, 1.165) is 5.56 Å². The molecule has 0 spiro atoms. The van der Waals surface area contributed by atoms with E-state index in [-0.39, 0.29) is 11.9 Å². The summed E-state index contributed by atoms with van der Waals surface area (Å²) in [5, 5.41) is 3.13. The van der Waals surface area contributed by atoms with Crippen molar-refractivity contribution in [2.24, 2.45) is 0 Å². The molecule has 0 fully saturated rings. The highest BCUT2D eigenvalue weighted by molar-refractivity contribution is 5.19. The minimum Gasteiger partial charge on any atom is -0.380 e. The van der Waals surface area contributed by atoms with Crippen molar-refractivity contribution < 1.29 is 9.13 Å². The molecular weight excluding hydrogens is 181 g/mol. The minimum atomic E-state index is -0.208. The van der Waals surface area contributed by atoms with Gasteiger partial charge in [0.05, 0.1) is 12.6 Å². The molecule has 0 saturated heterocycles. The number of halogens is 1. The van der Waals surface area contributed by atoms with Gasteiger partial charge in [0.25, 0.3) is 0 Å². The third-order valence-corrected chi connectivity index (χ3v) is 2.11. The lowest BCUT2D eigenvalue weighted by atomic mass is 10.1. The first-order valence-electron chi connectivity index (χ1n) is 4.78. The number of benzene rings is 1. The Kier molecular flexibility index (Phi) is 4.56. The highest BCUT2D eigenvalue weighted by Gasteiger charge is 2.08. The maximum absolute atomic E-state index is 12.7. The van der Waals surface area contributed by atoms with Crippen molar-refractivity contribution in [1.29, 1.82) is 0 Å². The molecule has 0 aliphatic heterocycles. The van der Waals surface area contributed by atoms with Gasteiger partial charge in [0.15, 0.2) is 0 Å².